The van der Waals surface area contributed by atoms with Crippen molar-refractivity contribution in [2.75, 3.05) is 17.4 Å². The van der Waals surface area contributed by atoms with Crippen LogP contribution in [0.15, 0.2) is 65.1 Å². The van der Waals surface area contributed by atoms with Gasteiger partial charge < -0.3 is 5.32 Å². The summed E-state index contributed by atoms with van der Waals surface area (Å²) in [5.74, 6) is -0.336. The van der Waals surface area contributed by atoms with E-state index >= 15 is 0 Å². The highest BCUT2D eigenvalue weighted by molar-refractivity contribution is 7.92. The summed E-state index contributed by atoms with van der Waals surface area (Å²) in [4.78, 5) is 12.7. The highest BCUT2D eigenvalue weighted by atomic mass is 35.5. The van der Waals surface area contributed by atoms with Gasteiger partial charge in [0, 0.05) is 11.6 Å². The molecule has 0 saturated carbocycles. The lowest BCUT2D eigenvalue weighted by molar-refractivity contribution is -0.119. The second kappa shape index (κ2) is 10.1. The molecule has 7 heteroatoms. The fraction of sp³-hybridized carbons (Fsp3) is 0.348. The van der Waals surface area contributed by atoms with Crippen molar-refractivity contribution in [2.45, 2.75) is 43.9 Å². The average molecular weight is 447 g/mol. The molecule has 2 aromatic carbocycles. The van der Waals surface area contributed by atoms with Gasteiger partial charge in [0.25, 0.3) is 10.0 Å². The molecule has 5 nitrogen and oxygen atoms in total. The number of carbonyl (C=O) groups is 1. The lowest BCUT2D eigenvalue weighted by Crippen LogP contribution is -2.41. The molecule has 0 unspecified atom stereocenters. The van der Waals surface area contributed by atoms with E-state index in [1.807, 2.05) is 6.92 Å². The largest absolute Gasteiger partial charge is 0.354 e. The molecule has 0 aromatic heterocycles. The van der Waals surface area contributed by atoms with Crippen molar-refractivity contribution in [3.05, 3.63) is 70.8 Å². The summed E-state index contributed by atoms with van der Waals surface area (Å²) in [6.07, 6.45) is 7.65. The number of hydrogen-bond acceptors (Lipinski definition) is 3. The highest BCUT2D eigenvalue weighted by Crippen LogP contribution is 2.25. The number of hydrogen-bond donors (Lipinski definition) is 1. The minimum Gasteiger partial charge on any atom is -0.354 e. The molecule has 3 rings (SSSR count). The van der Waals surface area contributed by atoms with Crippen molar-refractivity contribution in [1.29, 1.82) is 0 Å². The molecule has 30 heavy (non-hydrogen) atoms. The molecule has 0 radical (unpaired) electrons. The number of anilines is 1. The minimum atomic E-state index is -3.91. The fourth-order valence-electron chi connectivity index (χ4n) is 3.44. The summed E-state index contributed by atoms with van der Waals surface area (Å²) in [6.45, 7) is 2.10. The van der Waals surface area contributed by atoms with E-state index in [2.05, 4.69) is 11.4 Å². The third kappa shape index (κ3) is 5.86. The van der Waals surface area contributed by atoms with Crippen molar-refractivity contribution < 1.29 is 13.2 Å². The molecule has 0 bridgehead atoms. The van der Waals surface area contributed by atoms with Gasteiger partial charge >= 0.3 is 0 Å². The molecular weight excluding hydrogens is 420 g/mol. The number of carbonyl (C=O) groups excluding carboxylic acids is 1. The van der Waals surface area contributed by atoms with Gasteiger partial charge in [-0.25, -0.2) is 8.42 Å². The smallest absolute Gasteiger partial charge is 0.264 e. The Bertz CT molecular complexity index is 1000. The predicted molar refractivity (Wildman–Crippen MR) is 121 cm³/mol. The van der Waals surface area contributed by atoms with Crippen molar-refractivity contribution in [1.82, 2.24) is 5.32 Å². The van der Waals surface area contributed by atoms with E-state index in [4.69, 9.17) is 11.6 Å². The van der Waals surface area contributed by atoms with Crippen LogP contribution in [0.3, 0.4) is 0 Å². The number of amides is 1. The second-order valence-electron chi connectivity index (χ2n) is 7.51. The predicted octanol–water partition coefficient (Wildman–Crippen LogP) is 4.85. The molecule has 0 spiro atoms. The number of allylic oxidation sites excluding steroid dienone is 1. The molecular formula is C23H27ClN2O3S. The summed E-state index contributed by atoms with van der Waals surface area (Å²) in [7, 11) is -3.91. The maximum Gasteiger partial charge on any atom is 0.264 e. The number of sulfonamides is 1. The van der Waals surface area contributed by atoms with Gasteiger partial charge in [0.2, 0.25) is 5.91 Å². The molecule has 0 aliphatic heterocycles. The first-order chi connectivity index (χ1) is 14.4. The lowest BCUT2D eigenvalue weighted by Gasteiger charge is -2.24. The van der Waals surface area contributed by atoms with E-state index in [-0.39, 0.29) is 17.3 Å². The van der Waals surface area contributed by atoms with Crippen LogP contribution < -0.4 is 9.62 Å². The zero-order valence-electron chi connectivity index (χ0n) is 17.1. The van der Waals surface area contributed by atoms with E-state index < -0.39 is 10.0 Å². The zero-order valence-corrected chi connectivity index (χ0v) is 18.7. The van der Waals surface area contributed by atoms with Crippen molar-refractivity contribution in [3.63, 3.8) is 0 Å². The van der Waals surface area contributed by atoms with Crippen molar-refractivity contribution in [3.8, 4) is 0 Å². The first kappa shape index (κ1) is 22.4. The summed E-state index contributed by atoms with van der Waals surface area (Å²) in [5, 5.41) is 3.36. The van der Waals surface area contributed by atoms with Crippen LogP contribution in [-0.2, 0) is 14.8 Å². The molecule has 160 valence electrons. The topological polar surface area (TPSA) is 66.5 Å². The fourth-order valence-corrected chi connectivity index (χ4v) is 4.99. The number of nitrogens with one attached hydrogen (secondary N) is 1. The monoisotopic (exact) mass is 446 g/mol. The van der Waals surface area contributed by atoms with Crippen molar-refractivity contribution >= 4 is 33.2 Å². The maximum atomic E-state index is 13.3. The van der Waals surface area contributed by atoms with Crippen LogP contribution in [0.4, 0.5) is 5.69 Å². The first-order valence-corrected chi connectivity index (χ1v) is 12.0. The Morgan fingerprint density at radius 1 is 1.07 bits per heavy atom. The quantitative estimate of drug-likeness (QED) is 0.589. The average Bonchev–Trinajstić information content (AvgIpc) is 2.74. The van der Waals surface area contributed by atoms with Gasteiger partial charge in [-0.1, -0.05) is 40.9 Å². The Balaban J connectivity index is 1.75. The molecule has 1 aliphatic rings. The van der Waals surface area contributed by atoms with Crippen LogP contribution >= 0.6 is 11.6 Å². The number of aryl methyl sites for hydroxylation is 1. The first-order valence-electron chi connectivity index (χ1n) is 10.2. The van der Waals surface area contributed by atoms with Gasteiger partial charge in [-0.3, -0.25) is 9.10 Å². The molecule has 1 amide bonds. The van der Waals surface area contributed by atoms with Crippen LogP contribution in [0.2, 0.25) is 5.02 Å². The summed E-state index contributed by atoms with van der Waals surface area (Å²) < 4.78 is 27.7. The van der Waals surface area contributed by atoms with Gasteiger partial charge in [0.05, 0.1) is 10.6 Å². The van der Waals surface area contributed by atoms with Gasteiger partial charge in [0.1, 0.15) is 6.54 Å². The molecule has 0 heterocycles. The lowest BCUT2D eigenvalue weighted by atomic mass is 9.97. The van der Waals surface area contributed by atoms with Crippen LogP contribution in [-0.4, -0.2) is 27.4 Å². The van der Waals surface area contributed by atoms with Crippen LogP contribution in [0.25, 0.3) is 0 Å². The standard InChI is InChI=1S/C23H27ClN2O3S/c1-18-7-13-22(14-8-18)30(28,29)26(21-11-9-20(24)10-12-21)17-23(27)25-16-15-19-5-3-2-4-6-19/h5,7-14H,2-4,6,15-17H2,1H3,(H,25,27). The number of benzene rings is 2. The Hall–Kier alpha value is -2.31. The molecule has 0 fully saturated rings. The number of nitrogens with zero attached hydrogens (tertiary/aromatic N) is 1. The number of halogens is 1. The van der Waals surface area contributed by atoms with Crippen LogP contribution in [0.1, 0.15) is 37.7 Å². The summed E-state index contributed by atoms with van der Waals surface area (Å²) in [6, 6.07) is 13.0. The van der Waals surface area contributed by atoms with E-state index in [0.717, 1.165) is 29.1 Å². The van der Waals surface area contributed by atoms with E-state index in [1.54, 1.807) is 48.5 Å². The van der Waals surface area contributed by atoms with E-state index in [0.29, 0.717) is 17.3 Å². The third-order valence-electron chi connectivity index (χ3n) is 5.16. The zero-order chi connectivity index (χ0) is 21.6. The van der Waals surface area contributed by atoms with Crippen molar-refractivity contribution in [2.24, 2.45) is 0 Å². The molecule has 1 N–H and O–H groups in total. The SMILES string of the molecule is Cc1ccc(S(=O)(=O)N(CC(=O)NCCC2=CCCCC2)c2ccc(Cl)cc2)cc1. The van der Waals surface area contributed by atoms with Gasteiger partial charge in [-0.15, -0.1) is 0 Å². The van der Waals surface area contributed by atoms with Crippen LogP contribution in [0, 0.1) is 6.92 Å². The minimum absolute atomic E-state index is 0.142. The Morgan fingerprint density at radius 3 is 2.40 bits per heavy atom. The molecule has 2 aromatic rings. The Kier molecular flexibility index (Phi) is 7.56. The van der Waals surface area contributed by atoms with E-state index in [9.17, 15) is 13.2 Å². The molecule has 1 aliphatic carbocycles. The highest BCUT2D eigenvalue weighted by Gasteiger charge is 2.27. The summed E-state index contributed by atoms with van der Waals surface area (Å²) in [5.41, 5.74) is 2.72. The van der Waals surface area contributed by atoms with Crippen LogP contribution in [0.5, 0.6) is 0 Å². The molecule has 0 atom stereocenters. The maximum absolute atomic E-state index is 13.3. The second-order valence-corrected chi connectivity index (χ2v) is 9.81. The van der Waals surface area contributed by atoms with E-state index in [1.165, 1.54) is 18.4 Å². The van der Waals surface area contributed by atoms with Gasteiger partial charge in [0.15, 0.2) is 0 Å². The molecule has 0 saturated heterocycles. The Labute approximate surface area is 183 Å². The van der Waals surface area contributed by atoms with Gasteiger partial charge in [-0.05, 0) is 75.4 Å². The normalized spacial score (nSPS) is 14.1. The summed E-state index contributed by atoms with van der Waals surface area (Å²) >= 11 is 5.96. The Morgan fingerprint density at radius 2 is 1.77 bits per heavy atom. The van der Waals surface area contributed by atoms with Gasteiger partial charge in [-0.2, -0.15) is 0 Å². The number of rotatable bonds is 8. The third-order valence-corrected chi connectivity index (χ3v) is 7.20.